The molecule has 0 saturated carbocycles. The molecule has 142 valence electrons. The fraction of sp³-hybridized carbons (Fsp3) is 0.412. The summed E-state index contributed by atoms with van der Waals surface area (Å²) in [6.07, 6.45) is -4.71. The SMILES string of the molecule is CC(O)(c1ccc(N2CCN(Sc3ccc(N)s3)CC2)cc1)C(F)(F)F. The molecule has 1 aliphatic rings. The van der Waals surface area contributed by atoms with E-state index >= 15 is 0 Å². The van der Waals surface area contributed by atoms with Crippen LogP contribution in [0.1, 0.15) is 12.5 Å². The molecular formula is C17H20F3N3OS2. The van der Waals surface area contributed by atoms with Crippen molar-refractivity contribution in [2.24, 2.45) is 0 Å². The molecule has 1 aliphatic heterocycles. The molecule has 0 amide bonds. The second-order valence-electron chi connectivity index (χ2n) is 6.28. The lowest BCUT2D eigenvalue weighted by Crippen LogP contribution is -2.43. The zero-order chi connectivity index (χ0) is 18.9. The van der Waals surface area contributed by atoms with Crippen LogP contribution in [0.15, 0.2) is 40.6 Å². The maximum absolute atomic E-state index is 12.9. The second-order valence-corrected chi connectivity index (χ2v) is 8.79. The van der Waals surface area contributed by atoms with E-state index in [0.29, 0.717) is 0 Å². The van der Waals surface area contributed by atoms with Crippen LogP contribution in [0.3, 0.4) is 0 Å². The minimum Gasteiger partial charge on any atom is -0.391 e. The maximum atomic E-state index is 12.9. The Hall–Kier alpha value is -1.42. The van der Waals surface area contributed by atoms with Gasteiger partial charge in [0.1, 0.15) is 0 Å². The normalized spacial score (nSPS) is 18.7. The van der Waals surface area contributed by atoms with Gasteiger partial charge in [-0.05, 0) is 48.7 Å². The smallest absolute Gasteiger partial charge is 0.391 e. The Morgan fingerprint density at radius 2 is 1.65 bits per heavy atom. The number of hydrogen-bond donors (Lipinski definition) is 2. The topological polar surface area (TPSA) is 52.7 Å². The van der Waals surface area contributed by atoms with Gasteiger partial charge in [-0.3, -0.25) is 0 Å². The summed E-state index contributed by atoms with van der Waals surface area (Å²) in [7, 11) is 0. The molecule has 2 aromatic rings. The zero-order valence-corrected chi connectivity index (χ0v) is 15.8. The van der Waals surface area contributed by atoms with E-state index in [9.17, 15) is 18.3 Å². The van der Waals surface area contributed by atoms with Gasteiger partial charge >= 0.3 is 6.18 Å². The van der Waals surface area contributed by atoms with Crippen molar-refractivity contribution in [3.63, 3.8) is 0 Å². The summed E-state index contributed by atoms with van der Waals surface area (Å²) in [5.41, 5.74) is 3.60. The molecule has 1 atom stereocenters. The van der Waals surface area contributed by atoms with Gasteiger partial charge in [-0.2, -0.15) is 13.2 Å². The molecule has 26 heavy (non-hydrogen) atoms. The Labute approximate surface area is 158 Å². The molecule has 9 heteroatoms. The van der Waals surface area contributed by atoms with Crippen LogP contribution in [0.2, 0.25) is 0 Å². The summed E-state index contributed by atoms with van der Waals surface area (Å²) >= 11 is 3.23. The Kier molecular flexibility index (Phi) is 5.43. The first-order valence-electron chi connectivity index (χ1n) is 8.09. The molecule has 2 heterocycles. The van der Waals surface area contributed by atoms with Crippen LogP contribution in [0.4, 0.5) is 23.9 Å². The predicted octanol–water partition coefficient (Wildman–Crippen LogP) is 3.93. The molecule has 3 rings (SSSR count). The minimum atomic E-state index is -4.71. The first-order valence-corrected chi connectivity index (χ1v) is 9.68. The number of nitrogen functional groups attached to an aromatic ring is 1. The highest BCUT2D eigenvalue weighted by Crippen LogP contribution is 2.39. The molecule has 0 bridgehead atoms. The van der Waals surface area contributed by atoms with Crippen molar-refractivity contribution in [1.82, 2.24) is 4.31 Å². The summed E-state index contributed by atoms with van der Waals surface area (Å²) in [5, 5.41) is 10.5. The van der Waals surface area contributed by atoms with Crippen molar-refractivity contribution < 1.29 is 18.3 Å². The maximum Gasteiger partial charge on any atom is 0.421 e. The zero-order valence-electron chi connectivity index (χ0n) is 14.2. The molecule has 0 radical (unpaired) electrons. The van der Waals surface area contributed by atoms with Crippen LogP contribution in [-0.2, 0) is 5.60 Å². The van der Waals surface area contributed by atoms with Crippen LogP contribution in [-0.4, -0.2) is 41.8 Å². The highest BCUT2D eigenvalue weighted by molar-refractivity contribution is 7.99. The summed E-state index contributed by atoms with van der Waals surface area (Å²) < 4.78 is 42.2. The fourth-order valence-electron chi connectivity index (χ4n) is 2.71. The second kappa shape index (κ2) is 7.30. The molecule has 1 aromatic heterocycles. The monoisotopic (exact) mass is 403 g/mol. The van der Waals surface area contributed by atoms with Crippen LogP contribution in [0.25, 0.3) is 0 Å². The first-order chi connectivity index (χ1) is 12.2. The third-order valence-corrected chi connectivity index (χ3v) is 6.53. The van der Waals surface area contributed by atoms with E-state index in [1.165, 1.54) is 12.1 Å². The third-order valence-electron chi connectivity index (χ3n) is 4.41. The number of alkyl halides is 3. The van der Waals surface area contributed by atoms with E-state index in [0.717, 1.165) is 48.0 Å². The summed E-state index contributed by atoms with van der Waals surface area (Å²) in [6, 6.07) is 9.86. The van der Waals surface area contributed by atoms with Gasteiger partial charge in [0.2, 0.25) is 0 Å². The number of benzene rings is 1. The Balaban J connectivity index is 1.59. The summed E-state index contributed by atoms with van der Waals surface area (Å²) in [5.74, 6) is 0. The van der Waals surface area contributed by atoms with Gasteiger partial charge in [-0.15, -0.1) is 11.3 Å². The van der Waals surface area contributed by atoms with Crippen molar-refractivity contribution in [1.29, 1.82) is 0 Å². The van der Waals surface area contributed by atoms with Crippen molar-refractivity contribution in [2.75, 3.05) is 36.8 Å². The predicted molar refractivity (Wildman–Crippen MR) is 100 cm³/mol. The first kappa shape index (κ1) is 19.3. The van der Waals surface area contributed by atoms with E-state index in [1.807, 2.05) is 12.1 Å². The van der Waals surface area contributed by atoms with E-state index in [1.54, 1.807) is 35.4 Å². The fourth-order valence-corrected chi connectivity index (χ4v) is 4.70. The van der Waals surface area contributed by atoms with Gasteiger partial charge in [0.15, 0.2) is 5.60 Å². The van der Waals surface area contributed by atoms with Gasteiger partial charge < -0.3 is 15.7 Å². The van der Waals surface area contributed by atoms with E-state index < -0.39 is 11.8 Å². The molecular weight excluding hydrogens is 383 g/mol. The van der Waals surface area contributed by atoms with Crippen molar-refractivity contribution >= 4 is 34.0 Å². The molecule has 1 fully saturated rings. The molecule has 4 nitrogen and oxygen atoms in total. The van der Waals surface area contributed by atoms with Crippen LogP contribution < -0.4 is 10.6 Å². The summed E-state index contributed by atoms with van der Waals surface area (Å²) in [4.78, 5) is 2.13. The highest BCUT2D eigenvalue weighted by atomic mass is 32.2. The van der Waals surface area contributed by atoms with Crippen LogP contribution >= 0.6 is 23.3 Å². The van der Waals surface area contributed by atoms with Gasteiger partial charge in [0.25, 0.3) is 0 Å². The standard InChI is InChI=1S/C17H20F3N3OS2/c1-16(24,17(18,19)20)12-2-4-13(5-3-12)22-8-10-23(11-9-22)26-15-7-6-14(21)25-15/h2-7,24H,8-11,21H2,1H3. The number of aliphatic hydroxyl groups is 1. The average Bonchev–Trinajstić information content (AvgIpc) is 2.99. The van der Waals surface area contributed by atoms with Gasteiger partial charge in [0, 0.05) is 31.9 Å². The van der Waals surface area contributed by atoms with Crippen molar-refractivity contribution in [2.45, 2.75) is 22.9 Å². The Morgan fingerprint density at radius 3 is 2.15 bits per heavy atom. The number of thiophene rings is 1. The number of hydrogen-bond acceptors (Lipinski definition) is 6. The van der Waals surface area contributed by atoms with Crippen LogP contribution in [0.5, 0.6) is 0 Å². The number of piperazine rings is 1. The lowest BCUT2D eigenvalue weighted by atomic mass is 9.95. The lowest BCUT2D eigenvalue weighted by Gasteiger charge is -2.35. The molecule has 1 saturated heterocycles. The number of rotatable bonds is 4. The highest BCUT2D eigenvalue weighted by Gasteiger charge is 2.51. The van der Waals surface area contributed by atoms with Gasteiger partial charge in [0.05, 0.1) is 9.21 Å². The Morgan fingerprint density at radius 1 is 1.04 bits per heavy atom. The molecule has 1 aromatic carbocycles. The van der Waals surface area contributed by atoms with Gasteiger partial charge in [-0.25, -0.2) is 4.31 Å². The largest absolute Gasteiger partial charge is 0.421 e. The number of nitrogens with zero attached hydrogens (tertiary/aromatic N) is 2. The third kappa shape index (κ3) is 4.11. The van der Waals surface area contributed by atoms with Crippen molar-refractivity contribution in [3.8, 4) is 0 Å². The molecule has 1 unspecified atom stereocenters. The van der Waals surface area contributed by atoms with E-state index in [4.69, 9.17) is 5.73 Å². The number of nitrogens with two attached hydrogens (primary N) is 1. The average molecular weight is 403 g/mol. The Bertz CT molecular complexity index is 738. The molecule has 3 N–H and O–H groups in total. The van der Waals surface area contributed by atoms with E-state index in [2.05, 4.69) is 9.21 Å². The van der Waals surface area contributed by atoms with Crippen molar-refractivity contribution in [3.05, 3.63) is 42.0 Å². The molecule has 0 spiro atoms. The summed E-state index contributed by atoms with van der Waals surface area (Å²) in [6.45, 7) is 4.01. The van der Waals surface area contributed by atoms with Gasteiger partial charge in [-0.1, -0.05) is 12.1 Å². The quantitative estimate of drug-likeness (QED) is 0.758. The van der Waals surface area contributed by atoms with Crippen LogP contribution in [0, 0.1) is 0 Å². The number of halogens is 3. The van der Waals surface area contributed by atoms with E-state index in [-0.39, 0.29) is 5.56 Å². The lowest BCUT2D eigenvalue weighted by molar-refractivity contribution is -0.258. The number of anilines is 2. The minimum absolute atomic E-state index is 0.154. The molecule has 0 aliphatic carbocycles.